The summed E-state index contributed by atoms with van der Waals surface area (Å²) in [4.78, 5) is 2.31. The number of para-hydroxylation sites is 1. The highest BCUT2D eigenvalue weighted by Gasteiger charge is 2.12. The minimum absolute atomic E-state index is 1.10. The highest BCUT2D eigenvalue weighted by Crippen LogP contribution is 2.34. The minimum Gasteiger partial charge on any atom is -0.310 e. The van der Waals surface area contributed by atoms with Gasteiger partial charge in [0.05, 0.1) is 0 Å². The predicted molar refractivity (Wildman–Crippen MR) is 114 cm³/mol. The molecule has 3 rings (SSSR count). The van der Waals surface area contributed by atoms with Crippen LogP contribution in [0.15, 0.2) is 91.5 Å². The maximum atomic E-state index is 3.79. The van der Waals surface area contributed by atoms with E-state index >= 15 is 0 Å². The number of hydrogen-bond acceptors (Lipinski definition) is 1. The molecule has 3 aromatic rings. The van der Waals surface area contributed by atoms with Gasteiger partial charge in [0.15, 0.2) is 0 Å². The van der Waals surface area contributed by atoms with Crippen LogP contribution in [0.5, 0.6) is 0 Å². The zero-order chi connectivity index (χ0) is 18.2. The molecule has 0 spiro atoms. The van der Waals surface area contributed by atoms with Crippen LogP contribution in [0.1, 0.15) is 30.4 Å². The molecule has 1 heteroatoms. The van der Waals surface area contributed by atoms with Gasteiger partial charge < -0.3 is 4.90 Å². The van der Waals surface area contributed by atoms with Crippen molar-refractivity contribution in [1.82, 2.24) is 0 Å². The summed E-state index contributed by atoms with van der Waals surface area (Å²) in [6, 6.07) is 28.2. The van der Waals surface area contributed by atoms with Gasteiger partial charge in [-0.3, -0.25) is 0 Å². The van der Waals surface area contributed by atoms with Crippen molar-refractivity contribution in [3.8, 4) is 0 Å². The average Bonchev–Trinajstić information content (AvgIpc) is 2.68. The zero-order valence-electron chi connectivity index (χ0n) is 15.6. The maximum Gasteiger partial charge on any atom is 0.0464 e. The topological polar surface area (TPSA) is 3.24 Å². The quantitative estimate of drug-likeness (QED) is 0.305. The Bertz CT molecular complexity index is 818. The predicted octanol–water partition coefficient (Wildman–Crippen LogP) is 7.36. The second kappa shape index (κ2) is 9.05. The highest BCUT2D eigenvalue weighted by atomic mass is 15.1. The molecular weight excluding hydrogens is 314 g/mol. The SMILES string of the molecule is C=CCCCCc1ccc(N(c2ccccc2)c2cccc(C)c2)cc1. The van der Waals surface area contributed by atoms with Gasteiger partial charge in [0.2, 0.25) is 0 Å². The number of aryl methyl sites for hydroxylation is 2. The minimum atomic E-state index is 1.10. The molecule has 0 radical (unpaired) electrons. The molecule has 0 N–H and O–H groups in total. The molecule has 0 fully saturated rings. The van der Waals surface area contributed by atoms with Gasteiger partial charge in [0, 0.05) is 17.1 Å². The van der Waals surface area contributed by atoms with Gasteiger partial charge in [0.1, 0.15) is 0 Å². The second-order valence-corrected chi connectivity index (χ2v) is 6.71. The van der Waals surface area contributed by atoms with Crippen molar-refractivity contribution in [2.75, 3.05) is 4.90 Å². The Balaban J connectivity index is 1.86. The van der Waals surface area contributed by atoms with Crippen molar-refractivity contribution < 1.29 is 0 Å². The van der Waals surface area contributed by atoms with Crippen molar-refractivity contribution in [3.05, 3.63) is 103 Å². The summed E-state index contributed by atoms with van der Waals surface area (Å²) in [5, 5.41) is 0. The van der Waals surface area contributed by atoms with Gasteiger partial charge in [-0.25, -0.2) is 0 Å². The lowest BCUT2D eigenvalue weighted by molar-refractivity contribution is 0.748. The fourth-order valence-corrected chi connectivity index (χ4v) is 3.22. The van der Waals surface area contributed by atoms with Crippen LogP contribution in [0.4, 0.5) is 17.1 Å². The largest absolute Gasteiger partial charge is 0.310 e. The molecule has 0 aromatic heterocycles. The van der Waals surface area contributed by atoms with E-state index in [9.17, 15) is 0 Å². The van der Waals surface area contributed by atoms with Gasteiger partial charge in [-0.1, -0.05) is 48.5 Å². The van der Waals surface area contributed by atoms with E-state index in [0.717, 1.165) is 12.8 Å². The van der Waals surface area contributed by atoms with Crippen LogP contribution >= 0.6 is 0 Å². The van der Waals surface area contributed by atoms with Crippen molar-refractivity contribution in [2.45, 2.75) is 32.6 Å². The molecule has 0 amide bonds. The first-order chi connectivity index (χ1) is 12.8. The Labute approximate surface area is 157 Å². The first-order valence-electron chi connectivity index (χ1n) is 9.39. The number of nitrogens with zero attached hydrogens (tertiary/aromatic N) is 1. The van der Waals surface area contributed by atoms with Gasteiger partial charge in [0.25, 0.3) is 0 Å². The molecule has 0 unspecified atom stereocenters. The van der Waals surface area contributed by atoms with Crippen LogP contribution in [-0.4, -0.2) is 0 Å². The van der Waals surface area contributed by atoms with Gasteiger partial charge in [-0.15, -0.1) is 6.58 Å². The number of benzene rings is 3. The molecule has 0 aliphatic carbocycles. The summed E-state index contributed by atoms with van der Waals surface area (Å²) >= 11 is 0. The molecular formula is C25H27N. The van der Waals surface area contributed by atoms with Crippen LogP contribution in [0.25, 0.3) is 0 Å². The van der Waals surface area contributed by atoms with E-state index in [0.29, 0.717) is 0 Å². The number of unbranched alkanes of at least 4 members (excludes halogenated alkanes) is 2. The summed E-state index contributed by atoms with van der Waals surface area (Å²) in [5.74, 6) is 0. The number of anilines is 3. The van der Waals surface area contributed by atoms with Crippen LogP contribution in [0, 0.1) is 6.92 Å². The van der Waals surface area contributed by atoms with E-state index in [1.807, 2.05) is 6.08 Å². The third kappa shape index (κ3) is 4.64. The third-order valence-corrected chi connectivity index (χ3v) is 4.59. The second-order valence-electron chi connectivity index (χ2n) is 6.71. The molecule has 0 bridgehead atoms. The van der Waals surface area contributed by atoms with Crippen LogP contribution in [0.3, 0.4) is 0 Å². The van der Waals surface area contributed by atoms with Crippen molar-refractivity contribution in [2.24, 2.45) is 0 Å². The summed E-state index contributed by atoms with van der Waals surface area (Å²) in [6.45, 7) is 5.93. The standard InChI is InChI=1S/C25H27N/c1-3-4-5-7-12-22-16-18-24(19-17-22)26(23-13-8-6-9-14-23)25-15-10-11-21(2)20-25/h3,6,8-11,13-20H,1,4-5,7,12H2,2H3. The molecule has 0 saturated carbocycles. The Kier molecular flexibility index (Phi) is 6.27. The summed E-state index contributed by atoms with van der Waals surface area (Å²) in [7, 11) is 0. The smallest absolute Gasteiger partial charge is 0.0464 e. The molecule has 0 aliphatic rings. The maximum absolute atomic E-state index is 3.79. The Morgan fingerprint density at radius 1 is 0.769 bits per heavy atom. The van der Waals surface area contributed by atoms with E-state index < -0.39 is 0 Å². The van der Waals surface area contributed by atoms with E-state index in [-0.39, 0.29) is 0 Å². The van der Waals surface area contributed by atoms with Crippen molar-refractivity contribution in [3.63, 3.8) is 0 Å². The monoisotopic (exact) mass is 341 g/mol. The summed E-state index contributed by atoms with van der Waals surface area (Å²) < 4.78 is 0. The molecule has 0 heterocycles. The Morgan fingerprint density at radius 3 is 2.15 bits per heavy atom. The zero-order valence-corrected chi connectivity index (χ0v) is 15.6. The Hall–Kier alpha value is -2.80. The number of allylic oxidation sites excluding steroid dienone is 1. The fraction of sp³-hybridized carbons (Fsp3) is 0.200. The normalized spacial score (nSPS) is 10.5. The average molecular weight is 341 g/mol. The van der Waals surface area contributed by atoms with Gasteiger partial charge >= 0.3 is 0 Å². The molecule has 0 aliphatic heterocycles. The van der Waals surface area contributed by atoms with Gasteiger partial charge in [-0.2, -0.15) is 0 Å². The lowest BCUT2D eigenvalue weighted by Crippen LogP contribution is -2.10. The van der Waals surface area contributed by atoms with E-state index in [2.05, 4.69) is 97.3 Å². The molecule has 26 heavy (non-hydrogen) atoms. The van der Waals surface area contributed by atoms with E-state index in [1.54, 1.807) is 0 Å². The first kappa shape index (κ1) is 18.0. The van der Waals surface area contributed by atoms with E-state index in [1.165, 1.54) is 41.0 Å². The Morgan fingerprint density at radius 2 is 1.46 bits per heavy atom. The van der Waals surface area contributed by atoms with E-state index in [4.69, 9.17) is 0 Å². The lowest BCUT2D eigenvalue weighted by Gasteiger charge is -2.26. The molecule has 132 valence electrons. The highest BCUT2D eigenvalue weighted by molar-refractivity contribution is 5.76. The molecule has 0 atom stereocenters. The van der Waals surface area contributed by atoms with Crippen molar-refractivity contribution in [1.29, 1.82) is 0 Å². The first-order valence-corrected chi connectivity index (χ1v) is 9.39. The van der Waals surface area contributed by atoms with Crippen molar-refractivity contribution >= 4 is 17.1 Å². The molecule has 0 saturated heterocycles. The summed E-state index contributed by atoms with van der Waals surface area (Å²) in [6.07, 6.45) is 6.66. The third-order valence-electron chi connectivity index (χ3n) is 4.59. The summed E-state index contributed by atoms with van der Waals surface area (Å²) in [5.41, 5.74) is 6.22. The van der Waals surface area contributed by atoms with Crippen LogP contribution in [-0.2, 0) is 6.42 Å². The number of rotatable bonds is 8. The van der Waals surface area contributed by atoms with Crippen LogP contribution in [0.2, 0.25) is 0 Å². The molecule has 3 aromatic carbocycles. The lowest BCUT2D eigenvalue weighted by atomic mass is 10.1. The van der Waals surface area contributed by atoms with Crippen LogP contribution < -0.4 is 4.90 Å². The molecule has 1 nitrogen and oxygen atoms in total. The van der Waals surface area contributed by atoms with Gasteiger partial charge in [-0.05, 0) is 80.1 Å². The number of hydrogen-bond donors (Lipinski definition) is 0. The fourth-order valence-electron chi connectivity index (χ4n) is 3.22.